The average molecular weight is 387 g/mol. The number of benzene rings is 2. The Kier molecular flexibility index (Phi) is 4.80. The largest absolute Gasteiger partial charge is 0.507 e. The van der Waals surface area contributed by atoms with Crippen molar-refractivity contribution in [2.45, 2.75) is 26.4 Å². The lowest BCUT2D eigenvalue weighted by atomic mass is 9.96. The Hall–Kier alpha value is -3.60. The van der Waals surface area contributed by atoms with Crippen LogP contribution in [0.4, 0.5) is 0 Å². The molecule has 0 bridgehead atoms. The highest BCUT2D eigenvalue weighted by atomic mass is 16.3. The van der Waals surface area contributed by atoms with Crippen LogP contribution in [-0.2, 0) is 16.1 Å². The maximum Gasteiger partial charge on any atom is 0.296 e. The van der Waals surface area contributed by atoms with Crippen LogP contribution in [0.15, 0.2) is 76.9 Å². The zero-order valence-corrected chi connectivity index (χ0v) is 16.3. The summed E-state index contributed by atoms with van der Waals surface area (Å²) in [6, 6.07) is 17.7. The number of amides is 1. The molecule has 29 heavy (non-hydrogen) atoms. The zero-order valence-electron chi connectivity index (χ0n) is 16.3. The third kappa shape index (κ3) is 3.36. The quantitative estimate of drug-likeness (QED) is 0.406. The molecule has 146 valence electrons. The van der Waals surface area contributed by atoms with E-state index in [9.17, 15) is 14.7 Å². The maximum atomic E-state index is 13.0. The summed E-state index contributed by atoms with van der Waals surface area (Å²) in [6.45, 7) is 4.00. The standard InChI is InChI=1S/C24H21NO4/c1-15-10-11-16(2)18(13-15)22(26)20-21(19-9-6-12-29-19)25(24(28)23(20)27)14-17-7-4-3-5-8-17/h3-13,21,26H,14H2,1-2H3/b22-20+. The molecular formula is C24H21NO4. The topological polar surface area (TPSA) is 70.8 Å². The molecule has 0 radical (unpaired) electrons. The minimum Gasteiger partial charge on any atom is -0.507 e. The molecule has 5 nitrogen and oxygen atoms in total. The summed E-state index contributed by atoms with van der Waals surface area (Å²) >= 11 is 0. The number of ketones is 1. The Morgan fingerprint density at radius 3 is 2.48 bits per heavy atom. The first-order valence-corrected chi connectivity index (χ1v) is 9.40. The van der Waals surface area contributed by atoms with E-state index in [4.69, 9.17) is 4.42 Å². The van der Waals surface area contributed by atoms with E-state index in [1.165, 1.54) is 11.2 Å². The number of hydrogen-bond donors (Lipinski definition) is 1. The van der Waals surface area contributed by atoms with Crippen LogP contribution in [0.25, 0.3) is 5.76 Å². The van der Waals surface area contributed by atoms with Gasteiger partial charge in [0.25, 0.3) is 11.7 Å². The molecule has 1 amide bonds. The molecule has 2 aromatic carbocycles. The minimum absolute atomic E-state index is 0.0505. The van der Waals surface area contributed by atoms with Crippen molar-refractivity contribution in [3.63, 3.8) is 0 Å². The van der Waals surface area contributed by atoms with Crippen LogP contribution < -0.4 is 0 Å². The Bertz CT molecular complexity index is 1100. The maximum absolute atomic E-state index is 13.0. The lowest BCUT2D eigenvalue weighted by Crippen LogP contribution is -2.29. The van der Waals surface area contributed by atoms with Gasteiger partial charge >= 0.3 is 0 Å². The van der Waals surface area contributed by atoms with Gasteiger partial charge in [0, 0.05) is 12.1 Å². The number of rotatable bonds is 4. The Balaban J connectivity index is 1.87. The minimum atomic E-state index is -0.787. The van der Waals surface area contributed by atoms with Gasteiger partial charge in [-0.2, -0.15) is 0 Å². The van der Waals surface area contributed by atoms with E-state index >= 15 is 0 Å². The number of carbonyl (C=O) groups is 2. The van der Waals surface area contributed by atoms with E-state index in [-0.39, 0.29) is 17.9 Å². The number of aryl methyl sites for hydroxylation is 2. The van der Waals surface area contributed by atoms with Gasteiger partial charge in [-0.1, -0.05) is 48.0 Å². The van der Waals surface area contributed by atoms with Crippen LogP contribution in [0.1, 0.15) is 34.1 Å². The molecule has 1 saturated heterocycles. The molecular weight excluding hydrogens is 366 g/mol. The molecule has 0 aliphatic carbocycles. The molecule has 0 saturated carbocycles. The van der Waals surface area contributed by atoms with Gasteiger partial charge in [0.1, 0.15) is 17.6 Å². The van der Waals surface area contributed by atoms with Gasteiger partial charge in [-0.25, -0.2) is 0 Å². The molecule has 1 unspecified atom stereocenters. The van der Waals surface area contributed by atoms with Crippen molar-refractivity contribution in [2.75, 3.05) is 0 Å². The SMILES string of the molecule is Cc1ccc(C)c(/C(O)=C2\C(=O)C(=O)N(Cc3ccccc3)C2c2ccco2)c1. The second-order valence-corrected chi connectivity index (χ2v) is 7.25. The molecule has 1 aliphatic rings. The van der Waals surface area contributed by atoms with E-state index in [0.29, 0.717) is 11.3 Å². The van der Waals surface area contributed by atoms with Crippen molar-refractivity contribution in [3.05, 3.63) is 101 Å². The summed E-state index contributed by atoms with van der Waals surface area (Å²) in [6.07, 6.45) is 1.50. The van der Waals surface area contributed by atoms with Crippen LogP contribution in [0, 0.1) is 13.8 Å². The second kappa shape index (κ2) is 7.43. The molecule has 4 rings (SSSR count). The van der Waals surface area contributed by atoms with E-state index in [0.717, 1.165) is 16.7 Å². The Morgan fingerprint density at radius 2 is 1.79 bits per heavy atom. The summed E-state index contributed by atoms with van der Waals surface area (Å²) in [5, 5.41) is 11.1. The fourth-order valence-electron chi connectivity index (χ4n) is 3.70. The number of carbonyl (C=O) groups excluding carboxylic acids is 2. The van der Waals surface area contributed by atoms with Crippen LogP contribution >= 0.6 is 0 Å². The van der Waals surface area contributed by atoms with Gasteiger partial charge in [0.05, 0.1) is 11.8 Å². The highest BCUT2D eigenvalue weighted by molar-refractivity contribution is 6.46. The summed E-state index contributed by atoms with van der Waals surface area (Å²) in [4.78, 5) is 27.3. The van der Waals surface area contributed by atoms with Gasteiger partial charge in [-0.3, -0.25) is 9.59 Å². The number of likely N-dealkylation sites (tertiary alicyclic amines) is 1. The molecule has 2 heterocycles. The molecule has 1 aliphatic heterocycles. The third-order valence-electron chi connectivity index (χ3n) is 5.20. The lowest BCUT2D eigenvalue weighted by molar-refractivity contribution is -0.140. The zero-order chi connectivity index (χ0) is 20.5. The van der Waals surface area contributed by atoms with Crippen LogP contribution in [-0.4, -0.2) is 21.7 Å². The number of furan rings is 1. The van der Waals surface area contributed by atoms with Crippen LogP contribution in [0.5, 0.6) is 0 Å². The van der Waals surface area contributed by atoms with E-state index in [1.54, 1.807) is 12.1 Å². The summed E-state index contributed by atoms with van der Waals surface area (Å²) in [7, 11) is 0. The van der Waals surface area contributed by atoms with Gasteiger partial charge in [-0.05, 0) is 43.2 Å². The van der Waals surface area contributed by atoms with Crippen molar-refractivity contribution in [1.29, 1.82) is 0 Å². The van der Waals surface area contributed by atoms with E-state index < -0.39 is 17.7 Å². The normalized spacial score (nSPS) is 18.4. The predicted octanol–water partition coefficient (Wildman–Crippen LogP) is 4.52. The monoisotopic (exact) mass is 387 g/mol. The van der Waals surface area contributed by atoms with Gasteiger partial charge in [0.2, 0.25) is 0 Å². The van der Waals surface area contributed by atoms with E-state index in [2.05, 4.69) is 0 Å². The second-order valence-electron chi connectivity index (χ2n) is 7.25. The fraction of sp³-hybridized carbons (Fsp3) is 0.167. The first kappa shape index (κ1) is 18.7. The van der Waals surface area contributed by atoms with Crippen LogP contribution in [0.3, 0.4) is 0 Å². The molecule has 5 heteroatoms. The first-order chi connectivity index (χ1) is 14.0. The van der Waals surface area contributed by atoms with Crippen molar-refractivity contribution in [1.82, 2.24) is 4.90 Å². The summed E-state index contributed by atoms with van der Waals surface area (Å²) in [5.41, 5.74) is 3.25. The number of hydrogen-bond acceptors (Lipinski definition) is 4. The summed E-state index contributed by atoms with van der Waals surface area (Å²) in [5.74, 6) is -1.10. The fourth-order valence-corrected chi connectivity index (χ4v) is 3.70. The molecule has 1 N–H and O–H groups in total. The number of nitrogens with zero attached hydrogens (tertiary/aromatic N) is 1. The molecule has 1 atom stereocenters. The van der Waals surface area contributed by atoms with Crippen molar-refractivity contribution in [2.24, 2.45) is 0 Å². The van der Waals surface area contributed by atoms with E-state index in [1.807, 2.05) is 62.4 Å². The smallest absolute Gasteiger partial charge is 0.296 e. The van der Waals surface area contributed by atoms with Crippen LogP contribution in [0.2, 0.25) is 0 Å². The first-order valence-electron chi connectivity index (χ1n) is 9.40. The highest BCUT2D eigenvalue weighted by Crippen LogP contribution is 2.40. The number of aliphatic hydroxyl groups is 1. The average Bonchev–Trinajstić information content (AvgIpc) is 3.33. The number of Topliss-reactive ketones (excluding diaryl/α,β-unsaturated/α-hetero) is 1. The lowest BCUT2D eigenvalue weighted by Gasteiger charge is -2.23. The predicted molar refractivity (Wildman–Crippen MR) is 109 cm³/mol. The van der Waals surface area contributed by atoms with Crippen molar-refractivity contribution < 1.29 is 19.1 Å². The molecule has 1 aromatic heterocycles. The number of aliphatic hydroxyl groups excluding tert-OH is 1. The highest BCUT2D eigenvalue weighted by Gasteiger charge is 2.47. The molecule has 1 fully saturated rings. The van der Waals surface area contributed by atoms with Crippen molar-refractivity contribution >= 4 is 17.4 Å². The Morgan fingerprint density at radius 1 is 1.03 bits per heavy atom. The molecule has 0 spiro atoms. The van der Waals surface area contributed by atoms with Crippen molar-refractivity contribution in [3.8, 4) is 0 Å². The third-order valence-corrected chi connectivity index (χ3v) is 5.20. The Labute approximate surface area is 168 Å². The van der Waals surface area contributed by atoms with Gasteiger partial charge in [0.15, 0.2) is 0 Å². The van der Waals surface area contributed by atoms with Gasteiger partial charge < -0.3 is 14.4 Å². The molecule has 3 aromatic rings. The summed E-state index contributed by atoms with van der Waals surface area (Å²) < 4.78 is 5.56. The van der Waals surface area contributed by atoms with Gasteiger partial charge in [-0.15, -0.1) is 0 Å².